The van der Waals surface area contributed by atoms with E-state index in [4.69, 9.17) is 11.6 Å². The lowest BCUT2D eigenvalue weighted by molar-refractivity contribution is 0.0801. The third-order valence-electron chi connectivity index (χ3n) is 4.11. The van der Waals surface area contributed by atoms with Gasteiger partial charge in [0.25, 0.3) is 0 Å². The molecule has 1 fully saturated rings. The van der Waals surface area contributed by atoms with E-state index in [9.17, 15) is 13.5 Å². The number of halogens is 1. The van der Waals surface area contributed by atoms with Crippen molar-refractivity contribution in [1.29, 1.82) is 0 Å². The van der Waals surface area contributed by atoms with Gasteiger partial charge in [0.05, 0.1) is 11.5 Å². The number of hydrogen-bond donors (Lipinski definition) is 1. The normalized spacial score (nSPS) is 20.6. The number of aliphatic hydroxyl groups excluding tert-OH is 1. The average Bonchev–Trinajstić information content (AvgIpc) is 2.42. The zero-order valence-corrected chi connectivity index (χ0v) is 14.1. The summed E-state index contributed by atoms with van der Waals surface area (Å²) in [5.41, 5.74) is 0.212. The predicted octanol–water partition coefficient (Wildman–Crippen LogP) is 1.55. The Hall–Kier alpha value is -0.660. The summed E-state index contributed by atoms with van der Waals surface area (Å²) in [5.74, 6) is 0. The van der Waals surface area contributed by atoms with E-state index < -0.39 is 10.0 Å². The van der Waals surface area contributed by atoms with Crippen LogP contribution < -0.4 is 0 Å². The van der Waals surface area contributed by atoms with Gasteiger partial charge in [-0.05, 0) is 44.7 Å². The highest BCUT2D eigenvalue weighted by Crippen LogP contribution is 2.27. The van der Waals surface area contributed by atoms with Crippen molar-refractivity contribution in [2.75, 3.05) is 26.7 Å². The van der Waals surface area contributed by atoms with Crippen molar-refractivity contribution < 1.29 is 13.5 Å². The van der Waals surface area contributed by atoms with Crippen LogP contribution in [0.25, 0.3) is 0 Å². The quantitative estimate of drug-likeness (QED) is 0.912. The molecule has 21 heavy (non-hydrogen) atoms. The van der Waals surface area contributed by atoms with Crippen LogP contribution in [-0.2, 0) is 16.6 Å². The van der Waals surface area contributed by atoms with E-state index in [1.54, 1.807) is 0 Å². The molecule has 1 aliphatic rings. The maximum absolute atomic E-state index is 12.7. The van der Waals surface area contributed by atoms with Gasteiger partial charge in [-0.3, -0.25) is 4.90 Å². The smallest absolute Gasteiger partial charge is 0.243 e. The van der Waals surface area contributed by atoms with Gasteiger partial charge in [-0.2, -0.15) is 4.31 Å². The Kier molecular flexibility index (Phi) is 4.66. The first-order valence-electron chi connectivity index (χ1n) is 6.79. The van der Waals surface area contributed by atoms with E-state index in [0.29, 0.717) is 30.2 Å². The third kappa shape index (κ3) is 3.24. The fourth-order valence-corrected chi connectivity index (χ4v) is 4.20. The van der Waals surface area contributed by atoms with Crippen LogP contribution in [0.2, 0.25) is 5.02 Å². The van der Waals surface area contributed by atoms with Gasteiger partial charge < -0.3 is 5.11 Å². The van der Waals surface area contributed by atoms with Gasteiger partial charge in [0, 0.05) is 30.2 Å². The van der Waals surface area contributed by atoms with Gasteiger partial charge in [-0.1, -0.05) is 11.6 Å². The highest BCUT2D eigenvalue weighted by Gasteiger charge is 2.37. The predicted molar refractivity (Wildman–Crippen MR) is 82.8 cm³/mol. The van der Waals surface area contributed by atoms with Crippen molar-refractivity contribution in [2.45, 2.75) is 30.9 Å². The van der Waals surface area contributed by atoms with Crippen molar-refractivity contribution >= 4 is 21.6 Å². The molecule has 0 aromatic heterocycles. The van der Waals surface area contributed by atoms with E-state index in [1.165, 1.54) is 22.5 Å². The SMILES string of the molecule is CN1CCN(S(=O)(=O)c2ccc(Cl)c(CO)c2)CC1(C)C. The third-order valence-corrected chi connectivity index (χ3v) is 6.32. The highest BCUT2D eigenvalue weighted by atomic mass is 35.5. The van der Waals surface area contributed by atoms with E-state index >= 15 is 0 Å². The molecule has 7 heteroatoms. The molecule has 118 valence electrons. The second kappa shape index (κ2) is 5.85. The van der Waals surface area contributed by atoms with Crippen molar-refractivity contribution in [3.8, 4) is 0 Å². The molecule has 0 saturated carbocycles. The van der Waals surface area contributed by atoms with E-state index in [0.717, 1.165) is 0 Å². The van der Waals surface area contributed by atoms with Gasteiger partial charge in [0.1, 0.15) is 0 Å². The minimum atomic E-state index is -3.57. The Morgan fingerprint density at radius 3 is 2.57 bits per heavy atom. The summed E-state index contributed by atoms with van der Waals surface area (Å²) in [7, 11) is -1.57. The Morgan fingerprint density at radius 1 is 1.33 bits per heavy atom. The lowest BCUT2D eigenvalue weighted by Crippen LogP contribution is -2.58. The van der Waals surface area contributed by atoms with Gasteiger partial charge in [-0.25, -0.2) is 8.42 Å². The van der Waals surface area contributed by atoms with Crippen LogP contribution in [0.1, 0.15) is 19.4 Å². The molecule has 0 amide bonds. The van der Waals surface area contributed by atoms with Crippen LogP contribution in [0.4, 0.5) is 0 Å². The topological polar surface area (TPSA) is 60.9 Å². The maximum Gasteiger partial charge on any atom is 0.243 e. The van der Waals surface area contributed by atoms with Crippen LogP contribution in [-0.4, -0.2) is 55.0 Å². The van der Waals surface area contributed by atoms with Crippen molar-refractivity contribution in [3.63, 3.8) is 0 Å². The zero-order valence-electron chi connectivity index (χ0n) is 12.5. The first-order valence-corrected chi connectivity index (χ1v) is 8.61. The minimum absolute atomic E-state index is 0.177. The summed E-state index contributed by atoms with van der Waals surface area (Å²) in [6.07, 6.45) is 0. The highest BCUT2D eigenvalue weighted by molar-refractivity contribution is 7.89. The molecule has 1 N–H and O–H groups in total. The van der Waals surface area contributed by atoms with Gasteiger partial charge in [0.2, 0.25) is 10.0 Å². The molecule has 5 nitrogen and oxygen atoms in total. The second-order valence-corrected chi connectivity index (χ2v) is 8.33. The Labute approximate surface area is 131 Å². The lowest BCUT2D eigenvalue weighted by atomic mass is 10.0. The molecule has 2 rings (SSSR count). The van der Waals surface area contributed by atoms with Crippen molar-refractivity contribution in [1.82, 2.24) is 9.21 Å². The van der Waals surface area contributed by atoms with Crippen LogP contribution >= 0.6 is 11.6 Å². The molecule has 0 spiro atoms. The molecule has 0 bridgehead atoms. The number of nitrogens with zero attached hydrogens (tertiary/aromatic N) is 2. The molecular weight excluding hydrogens is 312 g/mol. The number of hydrogen-bond acceptors (Lipinski definition) is 4. The van der Waals surface area contributed by atoms with E-state index in [2.05, 4.69) is 4.90 Å². The number of aliphatic hydroxyl groups is 1. The Balaban J connectivity index is 2.34. The molecule has 1 heterocycles. The fraction of sp³-hybridized carbons (Fsp3) is 0.571. The summed E-state index contributed by atoms with van der Waals surface area (Å²) in [5, 5.41) is 9.61. The van der Waals surface area contributed by atoms with Gasteiger partial charge in [0.15, 0.2) is 0 Å². The Bertz CT molecular complexity index is 631. The molecule has 0 radical (unpaired) electrons. The van der Waals surface area contributed by atoms with E-state index in [1.807, 2.05) is 20.9 Å². The van der Waals surface area contributed by atoms with E-state index in [-0.39, 0.29) is 17.0 Å². The largest absolute Gasteiger partial charge is 0.392 e. The number of likely N-dealkylation sites (N-methyl/N-ethyl adjacent to an activating group) is 1. The first-order chi connectivity index (χ1) is 9.68. The van der Waals surface area contributed by atoms with Crippen LogP contribution in [0.3, 0.4) is 0 Å². The number of rotatable bonds is 3. The molecule has 1 aliphatic heterocycles. The average molecular weight is 333 g/mol. The molecule has 1 saturated heterocycles. The number of benzene rings is 1. The minimum Gasteiger partial charge on any atom is -0.392 e. The second-order valence-electron chi connectivity index (χ2n) is 5.98. The number of sulfonamides is 1. The molecule has 0 unspecified atom stereocenters. The summed E-state index contributed by atoms with van der Waals surface area (Å²) >= 11 is 5.92. The van der Waals surface area contributed by atoms with Crippen molar-refractivity contribution in [2.24, 2.45) is 0 Å². The fourth-order valence-electron chi connectivity index (χ4n) is 2.38. The zero-order chi connectivity index (χ0) is 15.8. The summed E-state index contributed by atoms with van der Waals surface area (Å²) in [6.45, 7) is 5.34. The lowest BCUT2D eigenvalue weighted by Gasteiger charge is -2.44. The molecule has 1 aromatic carbocycles. The molecular formula is C14H21ClN2O3S. The summed E-state index contributed by atoms with van der Waals surface area (Å²) in [4.78, 5) is 2.33. The monoisotopic (exact) mass is 332 g/mol. The van der Waals surface area contributed by atoms with Gasteiger partial charge in [-0.15, -0.1) is 0 Å². The van der Waals surface area contributed by atoms with Crippen LogP contribution in [0.15, 0.2) is 23.1 Å². The molecule has 1 aromatic rings. The molecule has 0 aliphatic carbocycles. The first kappa shape index (κ1) is 16.7. The maximum atomic E-state index is 12.7. The summed E-state index contributed by atoms with van der Waals surface area (Å²) in [6, 6.07) is 4.45. The molecule has 0 atom stereocenters. The number of piperazine rings is 1. The standard InChI is InChI=1S/C14H21ClN2O3S/c1-14(2)10-17(7-6-16(14)3)21(19,20)12-4-5-13(15)11(8-12)9-18/h4-5,8,18H,6-7,9-10H2,1-3H3. The van der Waals surface area contributed by atoms with Gasteiger partial charge >= 0.3 is 0 Å². The van der Waals surface area contributed by atoms with Crippen molar-refractivity contribution in [3.05, 3.63) is 28.8 Å². The Morgan fingerprint density at radius 2 is 2.00 bits per heavy atom. The van der Waals surface area contributed by atoms with Crippen LogP contribution in [0.5, 0.6) is 0 Å². The van der Waals surface area contributed by atoms with Crippen LogP contribution in [0, 0.1) is 0 Å². The summed E-state index contributed by atoms with van der Waals surface area (Å²) < 4.78 is 27.0.